The van der Waals surface area contributed by atoms with Crippen LogP contribution in [0.3, 0.4) is 0 Å². The van der Waals surface area contributed by atoms with Crippen LogP contribution in [-0.4, -0.2) is 23.0 Å². The van der Waals surface area contributed by atoms with Gasteiger partial charge in [0.15, 0.2) is 5.82 Å². The number of nitrogen functional groups attached to an aromatic ring is 1. The number of nitrogens with two attached hydrogens (primary N) is 1. The first-order valence-corrected chi connectivity index (χ1v) is 6.02. The van der Waals surface area contributed by atoms with E-state index in [4.69, 9.17) is 11.0 Å². The Morgan fingerprint density at radius 3 is 3.19 bits per heavy atom. The molecule has 16 heavy (non-hydrogen) atoms. The lowest BCUT2D eigenvalue weighted by atomic mass is 10.2. The summed E-state index contributed by atoms with van der Waals surface area (Å²) in [6.07, 6.45) is 3.45. The fourth-order valence-corrected chi connectivity index (χ4v) is 1.70. The van der Waals surface area contributed by atoms with Crippen molar-refractivity contribution < 1.29 is 0 Å². The molecule has 0 saturated heterocycles. The Balaban J connectivity index is 2.48. The molecule has 1 rings (SSSR count). The van der Waals surface area contributed by atoms with Gasteiger partial charge in [-0.2, -0.15) is 17.0 Å². The van der Waals surface area contributed by atoms with E-state index in [0.717, 1.165) is 18.1 Å². The lowest BCUT2D eigenvalue weighted by molar-refractivity contribution is 1.17. The highest BCUT2D eigenvalue weighted by molar-refractivity contribution is 7.99. The van der Waals surface area contributed by atoms with Crippen molar-refractivity contribution in [2.24, 2.45) is 0 Å². The summed E-state index contributed by atoms with van der Waals surface area (Å²) in [4.78, 5) is 4.09. The molecule has 0 amide bonds. The molecule has 1 aromatic heterocycles. The molecule has 0 aliphatic rings. The zero-order chi connectivity index (χ0) is 11.8. The molecule has 0 aromatic carbocycles. The molecule has 5 heteroatoms. The first-order valence-electron chi connectivity index (χ1n) is 4.86. The normalized spacial score (nSPS) is 9.44. The number of nitrogens with zero attached hydrogens (tertiary/aromatic N) is 2. The van der Waals surface area contributed by atoms with E-state index in [2.05, 4.69) is 16.9 Å². The van der Waals surface area contributed by atoms with Crippen LogP contribution in [0.15, 0.2) is 24.9 Å². The molecule has 0 spiro atoms. The van der Waals surface area contributed by atoms with Crippen molar-refractivity contribution in [1.82, 2.24) is 4.98 Å². The van der Waals surface area contributed by atoms with Crippen molar-refractivity contribution >= 4 is 23.3 Å². The predicted octanol–water partition coefficient (Wildman–Crippen LogP) is 1.87. The first-order chi connectivity index (χ1) is 7.79. The van der Waals surface area contributed by atoms with Crippen LogP contribution >= 0.6 is 11.8 Å². The molecule has 0 unspecified atom stereocenters. The van der Waals surface area contributed by atoms with E-state index >= 15 is 0 Å². The van der Waals surface area contributed by atoms with Gasteiger partial charge in [0.1, 0.15) is 6.07 Å². The number of hydrogen-bond donors (Lipinski definition) is 2. The number of nitriles is 1. The minimum atomic E-state index is 0.415. The smallest absolute Gasteiger partial charge is 0.150 e. The maximum absolute atomic E-state index is 8.78. The third kappa shape index (κ3) is 3.48. The van der Waals surface area contributed by atoms with E-state index in [1.54, 1.807) is 24.0 Å². The zero-order valence-electron chi connectivity index (χ0n) is 8.94. The second kappa shape index (κ2) is 6.75. The topological polar surface area (TPSA) is 74.7 Å². The number of thioether (sulfide) groups is 1. The van der Waals surface area contributed by atoms with E-state index in [-0.39, 0.29) is 0 Å². The maximum Gasteiger partial charge on any atom is 0.150 e. The van der Waals surface area contributed by atoms with Gasteiger partial charge in [-0.25, -0.2) is 4.98 Å². The Labute approximate surface area is 99.6 Å². The van der Waals surface area contributed by atoms with Crippen LogP contribution in [-0.2, 0) is 0 Å². The van der Waals surface area contributed by atoms with E-state index in [1.807, 2.05) is 12.1 Å². The third-order valence-corrected chi connectivity index (χ3v) is 2.85. The average Bonchev–Trinajstić information content (AvgIpc) is 2.31. The van der Waals surface area contributed by atoms with Gasteiger partial charge in [0.2, 0.25) is 0 Å². The van der Waals surface area contributed by atoms with Crippen molar-refractivity contribution in [3.8, 4) is 6.07 Å². The molecule has 0 bridgehead atoms. The number of nitrogens with one attached hydrogen (secondary N) is 1. The summed E-state index contributed by atoms with van der Waals surface area (Å²) >= 11 is 1.77. The van der Waals surface area contributed by atoms with Crippen molar-refractivity contribution in [1.29, 1.82) is 5.26 Å². The van der Waals surface area contributed by atoms with Crippen molar-refractivity contribution in [2.45, 2.75) is 0 Å². The Hall–Kier alpha value is -1.67. The Morgan fingerprint density at radius 1 is 1.69 bits per heavy atom. The summed E-state index contributed by atoms with van der Waals surface area (Å²) in [5, 5.41) is 11.9. The lowest BCUT2D eigenvalue weighted by Crippen LogP contribution is -2.09. The number of hydrogen-bond acceptors (Lipinski definition) is 5. The molecule has 0 saturated carbocycles. The van der Waals surface area contributed by atoms with Crippen LogP contribution in [0.4, 0.5) is 11.5 Å². The molecule has 0 fully saturated rings. The maximum atomic E-state index is 8.78. The van der Waals surface area contributed by atoms with Gasteiger partial charge in [0.25, 0.3) is 0 Å². The molecular formula is C11H14N4S. The first kappa shape index (κ1) is 12.4. The van der Waals surface area contributed by atoms with Crippen molar-refractivity contribution in [2.75, 3.05) is 29.1 Å². The van der Waals surface area contributed by atoms with Gasteiger partial charge in [0.05, 0.1) is 11.3 Å². The quantitative estimate of drug-likeness (QED) is 0.580. The monoisotopic (exact) mass is 234 g/mol. The van der Waals surface area contributed by atoms with Gasteiger partial charge in [-0.15, -0.1) is 6.58 Å². The minimum Gasteiger partial charge on any atom is -0.395 e. The highest BCUT2D eigenvalue weighted by Gasteiger charge is 2.04. The van der Waals surface area contributed by atoms with Gasteiger partial charge in [-0.05, 0) is 6.07 Å². The highest BCUT2D eigenvalue weighted by Crippen LogP contribution is 2.18. The van der Waals surface area contributed by atoms with E-state index < -0.39 is 0 Å². The third-order valence-electron chi connectivity index (χ3n) is 1.89. The van der Waals surface area contributed by atoms with Crippen LogP contribution in [0.25, 0.3) is 0 Å². The Bertz CT molecular complexity index is 397. The van der Waals surface area contributed by atoms with E-state index in [1.165, 1.54) is 0 Å². The molecule has 1 aromatic rings. The summed E-state index contributed by atoms with van der Waals surface area (Å²) in [5.74, 6) is 2.46. The Morgan fingerprint density at radius 2 is 2.50 bits per heavy atom. The Kier molecular flexibility index (Phi) is 5.23. The number of anilines is 2. The van der Waals surface area contributed by atoms with Crippen molar-refractivity contribution in [3.63, 3.8) is 0 Å². The van der Waals surface area contributed by atoms with Gasteiger partial charge in [-0.1, -0.05) is 6.08 Å². The lowest BCUT2D eigenvalue weighted by Gasteiger charge is -2.08. The highest BCUT2D eigenvalue weighted by atomic mass is 32.2. The summed E-state index contributed by atoms with van der Waals surface area (Å²) in [7, 11) is 0. The molecule has 84 valence electrons. The summed E-state index contributed by atoms with van der Waals surface area (Å²) in [5.41, 5.74) is 6.63. The summed E-state index contributed by atoms with van der Waals surface area (Å²) < 4.78 is 0. The van der Waals surface area contributed by atoms with Crippen LogP contribution < -0.4 is 11.1 Å². The predicted molar refractivity (Wildman–Crippen MR) is 69.4 cm³/mol. The molecule has 4 nitrogen and oxygen atoms in total. The number of rotatable bonds is 6. The van der Waals surface area contributed by atoms with Gasteiger partial charge < -0.3 is 11.1 Å². The second-order valence-electron chi connectivity index (χ2n) is 3.02. The fourth-order valence-electron chi connectivity index (χ4n) is 1.12. The van der Waals surface area contributed by atoms with Gasteiger partial charge in [0, 0.05) is 24.2 Å². The standard InChI is InChI=1S/C11H14N4S/c1-2-6-16-7-5-15-11-10(13)9(8-12)3-4-14-11/h2-4H,1,5-7,13H2,(H,14,15). The minimum absolute atomic E-state index is 0.415. The molecule has 0 radical (unpaired) electrons. The fraction of sp³-hybridized carbons (Fsp3) is 0.273. The molecule has 0 aliphatic carbocycles. The van der Waals surface area contributed by atoms with Crippen LogP contribution in [0, 0.1) is 11.3 Å². The number of aromatic nitrogens is 1. The van der Waals surface area contributed by atoms with Gasteiger partial charge >= 0.3 is 0 Å². The molecular weight excluding hydrogens is 220 g/mol. The van der Waals surface area contributed by atoms with Crippen molar-refractivity contribution in [3.05, 3.63) is 30.5 Å². The van der Waals surface area contributed by atoms with Crippen LogP contribution in [0.5, 0.6) is 0 Å². The molecule has 1 heterocycles. The summed E-state index contributed by atoms with van der Waals surface area (Å²) in [6.45, 7) is 4.41. The summed E-state index contributed by atoms with van der Waals surface area (Å²) in [6, 6.07) is 3.63. The zero-order valence-corrected chi connectivity index (χ0v) is 9.76. The SMILES string of the molecule is C=CCSCCNc1nccc(C#N)c1N. The van der Waals surface area contributed by atoms with E-state index in [0.29, 0.717) is 17.1 Å². The molecule has 0 aliphatic heterocycles. The van der Waals surface area contributed by atoms with Gasteiger partial charge in [-0.3, -0.25) is 0 Å². The largest absolute Gasteiger partial charge is 0.395 e. The second-order valence-corrected chi connectivity index (χ2v) is 4.17. The average molecular weight is 234 g/mol. The van der Waals surface area contributed by atoms with E-state index in [9.17, 15) is 0 Å². The van der Waals surface area contributed by atoms with Crippen LogP contribution in [0.1, 0.15) is 5.56 Å². The van der Waals surface area contributed by atoms with Crippen LogP contribution in [0.2, 0.25) is 0 Å². The number of pyridine rings is 1. The molecule has 3 N–H and O–H groups in total. The molecule has 0 atom stereocenters.